The van der Waals surface area contributed by atoms with E-state index in [1.54, 1.807) is 0 Å². The summed E-state index contributed by atoms with van der Waals surface area (Å²) in [5.74, 6) is -17.6. The highest BCUT2D eigenvalue weighted by Crippen LogP contribution is 2.71. The van der Waals surface area contributed by atoms with Crippen molar-refractivity contribution in [1.29, 1.82) is 0 Å². The molecule has 232 valence electrons. The van der Waals surface area contributed by atoms with Gasteiger partial charge in [-0.05, 0) is 83.1 Å². The minimum atomic E-state index is -7.71. The van der Waals surface area contributed by atoms with Crippen LogP contribution in [-0.4, -0.2) is 31.7 Å². The summed E-state index contributed by atoms with van der Waals surface area (Å²) in [5, 5.41) is -7.36. The van der Waals surface area contributed by atoms with Crippen molar-refractivity contribution < 1.29 is 73.5 Å². The van der Waals surface area contributed by atoms with Gasteiger partial charge in [0, 0.05) is 14.7 Å². The average Bonchev–Trinajstić information content (AvgIpc) is 2.87. The molecule has 0 saturated heterocycles. The molecule has 3 aromatic carbocycles. The first-order valence-corrected chi connectivity index (χ1v) is 13.6. The zero-order valence-corrected chi connectivity index (χ0v) is 21.4. The summed E-state index contributed by atoms with van der Waals surface area (Å²) >= 11 is 0. The Morgan fingerprint density at radius 3 is 1.14 bits per heavy atom. The minimum Gasteiger partial charge on any atom is -0.207 e. The molecule has 42 heavy (non-hydrogen) atoms. The van der Waals surface area contributed by atoms with Gasteiger partial charge in [-0.2, -0.15) is 61.1 Å². The Morgan fingerprint density at radius 1 is 0.500 bits per heavy atom. The maximum absolute atomic E-state index is 14.7. The van der Waals surface area contributed by atoms with Crippen molar-refractivity contribution >= 4 is 20.4 Å². The maximum Gasteiger partial charge on any atom is 0.460 e. The van der Waals surface area contributed by atoms with Gasteiger partial charge >= 0.3 is 39.6 Å². The molecule has 3 rings (SSSR count). The molecule has 0 bridgehead atoms. The van der Waals surface area contributed by atoms with Gasteiger partial charge in [0.2, 0.25) is 0 Å². The van der Waals surface area contributed by atoms with E-state index in [-0.39, 0.29) is 12.1 Å². The van der Waals surface area contributed by atoms with E-state index in [1.807, 2.05) is 0 Å². The highest BCUT2D eigenvalue weighted by atomic mass is 32.3. The molecule has 0 fully saturated rings. The van der Waals surface area contributed by atoms with Gasteiger partial charge in [0.15, 0.2) is 0 Å². The monoisotopic (exact) mass is 666 g/mol. The molecule has 3 aromatic rings. The number of hydrogen-bond acceptors (Lipinski definition) is 3. The Morgan fingerprint density at radius 2 is 0.833 bits per heavy atom. The standard InChI is InChI=1S/C23H12F14O3S2/c24-14-3-9-17(10-4-14)41(18-11-5-15(25)6-12-18,16-7-1-13(2-8-16)19(26,27)28)40-42(38,39)23(36,37)21(31,32)20(29,30)22(33,34)35/h1-12H. The summed E-state index contributed by atoms with van der Waals surface area (Å²) in [6.45, 7) is 0. The Hall–Kier alpha value is -3.06. The third-order valence-corrected chi connectivity index (χ3v) is 10.7. The lowest BCUT2D eigenvalue weighted by molar-refractivity contribution is -0.382. The highest BCUT2D eigenvalue weighted by Gasteiger charge is 2.86. The molecule has 0 N–H and O–H groups in total. The molecule has 0 saturated carbocycles. The zero-order chi connectivity index (χ0) is 32.2. The van der Waals surface area contributed by atoms with Crippen LogP contribution in [0.2, 0.25) is 0 Å². The average molecular weight is 666 g/mol. The number of hydrogen-bond donors (Lipinski definition) is 0. The molecule has 0 aliphatic heterocycles. The Bertz CT molecular complexity index is 1470. The van der Waals surface area contributed by atoms with Crippen LogP contribution in [0.1, 0.15) is 5.56 Å². The van der Waals surface area contributed by atoms with Crippen molar-refractivity contribution in [3.05, 3.63) is 90.0 Å². The van der Waals surface area contributed by atoms with Crippen LogP contribution >= 0.6 is 10.3 Å². The summed E-state index contributed by atoms with van der Waals surface area (Å²) in [7, 11) is -12.4. The molecule has 0 aliphatic rings. The number of alkyl halides is 12. The SMILES string of the molecule is O=S(=O)(OS(c1ccc(F)cc1)(c1ccc(F)cc1)c1ccc(C(F)(F)F)cc1)C(F)(F)C(F)(F)C(F)(F)C(F)(F)F. The van der Waals surface area contributed by atoms with Gasteiger partial charge in [0.1, 0.15) is 11.6 Å². The van der Waals surface area contributed by atoms with Crippen LogP contribution < -0.4 is 0 Å². The van der Waals surface area contributed by atoms with Crippen LogP contribution in [0, 0.1) is 11.6 Å². The molecule has 0 aromatic heterocycles. The van der Waals surface area contributed by atoms with E-state index in [1.165, 1.54) is 0 Å². The van der Waals surface area contributed by atoms with E-state index in [0.717, 1.165) is 0 Å². The Kier molecular flexibility index (Phi) is 8.43. The third kappa shape index (κ3) is 5.52. The summed E-state index contributed by atoms with van der Waals surface area (Å²) in [6.07, 6.45) is -12.5. The molecule has 0 atom stereocenters. The van der Waals surface area contributed by atoms with Crippen LogP contribution in [-0.2, 0) is 19.9 Å². The van der Waals surface area contributed by atoms with E-state index in [9.17, 15) is 69.9 Å². The smallest absolute Gasteiger partial charge is 0.207 e. The number of benzene rings is 3. The van der Waals surface area contributed by atoms with Gasteiger partial charge in [0.25, 0.3) is 0 Å². The lowest BCUT2D eigenvalue weighted by Crippen LogP contribution is -2.63. The van der Waals surface area contributed by atoms with Gasteiger partial charge in [0.05, 0.1) is 5.56 Å². The fraction of sp³-hybridized carbons (Fsp3) is 0.217. The van der Waals surface area contributed by atoms with Crippen molar-refractivity contribution in [3.63, 3.8) is 0 Å². The lowest BCUT2D eigenvalue weighted by Gasteiger charge is -2.41. The minimum absolute atomic E-state index is 0.241. The van der Waals surface area contributed by atoms with Crippen LogP contribution in [0.3, 0.4) is 0 Å². The summed E-state index contributed by atoms with van der Waals surface area (Å²) < 4.78 is 219. The molecular weight excluding hydrogens is 654 g/mol. The van der Waals surface area contributed by atoms with Gasteiger partial charge in [-0.3, -0.25) is 0 Å². The molecule has 0 amide bonds. The van der Waals surface area contributed by atoms with E-state index in [0.29, 0.717) is 60.7 Å². The first kappa shape index (κ1) is 33.4. The second-order valence-corrected chi connectivity index (χ2v) is 12.7. The molecule has 0 unspecified atom stereocenters. The third-order valence-electron chi connectivity index (χ3n) is 5.43. The zero-order valence-electron chi connectivity index (χ0n) is 19.8. The van der Waals surface area contributed by atoms with E-state index in [2.05, 4.69) is 3.63 Å². The fourth-order valence-electron chi connectivity index (χ4n) is 3.31. The molecule has 3 nitrogen and oxygen atoms in total. The van der Waals surface area contributed by atoms with Crippen molar-refractivity contribution in [2.45, 2.75) is 44.1 Å². The van der Waals surface area contributed by atoms with Gasteiger partial charge in [-0.25, -0.2) is 12.4 Å². The number of rotatable bonds is 8. The Labute approximate surface area is 228 Å². The largest absolute Gasteiger partial charge is 0.460 e. The second kappa shape index (κ2) is 10.6. The van der Waals surface area contributed by atoms with Crippen molar-refractivity contribution in [3.8, 4) is 0 Å². The summed E-state index contributed by atoms with van der Waals surface area (Å²) in [6, 6.07) is 5.71. The molecule has 0 aliphatic carbocycles. The predicted octanol–water partition coefficient (Wildman–Crippen LogP) is 8.95. The summed E-state index contributed by atoms with van der Waals surface area (Å²) in [5.41, 5.74) is -1.43. The van der Waals surface area contributed by atoms with Gasteiger partial charge in [-0.15, -0.1) is 0 Å². The van der Waals surface area contributed by atoms with Gasteiger partial charge in [-0.1, -0.05) is 0 Å². The molecule has 0 radical (unpaired) electrons. The molecular formula is C23H12F14O3S2. The van der Waals surface area contributed by atoms with Crippen LogP contribution in [0.5, 0.6) is 0 Å². The van der Waals surface area contributed by atoms with E-state index >= 15 is 0 Å². The molecule has 19 heteroatoms. The van der Waals surface area contributed by atoms with Crippen LogP contribution in [0.15, 0.2) is 87.5 Å². The van der Waals surface area contributed by atoms with Crippen molar-refractivity contribution in [1.82, 2.24) is 0 Å². The first-order valence-electron chi connectivity index (χ1n) is 10.6. The molecule has 0 spiro atoms. The van der Waals surface area contributed by atoms with Crippen molar-refractivity contribution in [2.75, 3.05) is 0 Å². The van der Waals surface area contributed by atoms with Crippen LogP contribution in [0.4, 0.5) is 61.5 Å². The van der Waals surface area contributed by atoms with Crippen LogP contribution in [0.25, 0.3) is 0 Å². The van der Waals surface area contributed by atoms with Crippen molar-refractivity contribution in [2.24, 2.45) is 0 Å². The first-order chi connectivity index (χ1) is 18.9. The maximum atomic E-state index is 14.7. The van der Waals surface area contributed by atoms with E-state index < -0.39 is 81.8 Å². The summed E-state index contributed by atoms with van der Waals surface area (Å²) in [4.78, 5) is -2.43. The predicted molar refractivity (Wildman–Crippen MR) is 118 cm³/mol. The quantitative estimate of drug-likeness (QED) is 0.226. The number of halogens is 14. The molecule has 0 heterocycles. The van der Waals surface area contributed by atoms with Gasteiger partial charge < -0.3 is 0 Å². The second-order valence-electron chi connectivity index (χ2n) is 8.17. The Balaban J connectivity index is 2.41. The highest BCUT2D eigenvalue weighted by molar-refractivity contribution is 8.33. The fourth-order valence-corrected chi connectivity index (χ4v) is 8.49. The normalized spacial score (nSPS) is 14.6. The lowest BCUT2D eigenvalue weighted by atomic mass is 10.1. The topological polar surface area (TPSA) is 43.4 Å². The van der Waals surface area contributed by atoms with E-state index in [4.69, 9.17) is 0 Å².